The SMILES string of the molecule is CN(C)[C@@H]1O[C@H](CO)[C@@H](O)[C@H](O)[C@H]1O. The summed E-state index contributed by atoms with van der Waals surface area (Å²) in [4.78, 5) is 1.57. The van der Waals surface area contributed by atoms with Gasteiger partial charge < -0.3 is 25.2 Å². The number of likely N-dealkylation sites (N-methyl/N-ethyl adjacent to an activating group) is 1. The Morgan fingerprint density at radius 3 is 2.07 bits per heavy atom. The molecular weight excluding hydrogens is 190 g/mol. The van der Waals surface area contributed by atoms with Crippen molar-refractivity contribution >= 4 is 0 Å². The molecular formula is C8H17NO5. The van der Waals surface area contributed by atoms with E-state index in [-0.39, 0.29) is 0 Å². The highest BCUT2D eigenvalue weighted by atomic mass is 16.6. The first-order valence-electron chi connectivity index (χ1n) is 4.46. The minimum atomic E-state index is -1.30. The van der Waals surface area contributed by atoms with Gasteiger partial charge in [-0.1, -0.05) is 0 Å². The Balaban J connectivity index is 2.73. The molecule has 0 unspecified atom stereocenters. The molecule has 4 N–H and O–H groups in total. The lowest BCUT2D eigenvalue weighted by molar-refractivity contribution is -0.258. The third-order valence-corrected chi connectivity index (χ3v) is 2.38. The molecule has 1 heterocycles. The van der Waals surface area contributed by atoms with Gasteiger partial charge in [-0.25, -0.2) is 0 Å². The van der Waals surface area contributed by atoms with Gasteiger partial charge in [0.1, 0.15) is 30.6 Å². The van der Waals surface area contributed by atoms with Crippen LogP contribution in [0.2, 0.25) is 0 Å². The Labute approximate surface area is 82.3 Å². The van der Waals surface area contributed by atoms with Crippen molar-refractivity contribution in [2.45, 2.75) is 30.6 Å². The molecule has 84 valence electrons. The van der Waals surface area contributed by atoms with Crippen LogP contribution in [0.5, 0.6) is 0 Å². The van der Waals surface area contributed by atoms with Gasteiger partial charge in [-0.05, 0) is 14.1 Å². The van der Waals surface area contributed by atoms with Crippen molar-refractivity contribution < 1.29 is 25.2 Å². The zero-order valence-electron chi connectivity index (χ0n) is 8.24. The molecule has 6 nitrogen and oxygen atoms in total. The van der Waals surface area contributed by atoms with E-state index in [1.165, 1.54) is 0 Å². The molecule has 0 saturated carbocycles. The predicted octanol–water partition coefficient (Wildman–Crippen LogP) is -2.65. The first kappa shape index (κ1) is 11.8. The topological polar surface area (TPSA) is 93.4 Å². The molecule has 0 spiro atoms. The highest BCUT2D eigenvalue weighted by Gasteiger charge is 2.44. The maximum Gasteiger partial charge on any atom is 0.139 e. The van der Waals surface area contributed by atoms with E-state index in [0.717, 1.165) is 0 Å². The monoisotopic (exact) mass is 207 g/mol. The van der Waals surface area contributed by atoms with Crippen molar-refractivity contribution in [2.24, 2.45) is 0 Å². The summed E-state index contributed by atoms with van der Waals surface area (Å²) in [5, 5.41) is 37.2. The van der Waals surface area contributed by atoms with Gasteiger partial charge in [0.2, 0.25) is 0 Å². The molecule has 0 aromatic heterocycles. The van der Waals surface area contributed by atoms with Crippen LogP contribution >= 0.6 is 0 Å². The summed E-state index contributed by atoms with van der Waals surface area (Å²) in [7, 11) is 3.35. The fraction of sp³-hybridized carbons (Fsp3) is 1.00. The van der Waals surface area contributed by atoms with Crippen molar-refractivity contribution in [1.82, 2.24) is 4.90 Å². The number of aliphatic hydroxyl groups is 4. The van der Waals surface area contributed by atoms with Gasteiger partial charge in [-0.3, -0.25) is 4.90 Å². The molecule has 6 heteroatoms. The molecule has 0 aromatic carbocycles. The third-order valence-electron chi connectivity index (χ3n) is 2.38. The van der Waals surface area contributed by atoms with Crippen molar-refractivity contribution in [3.63, 3.8) is 0 Å². The van der Waals surface area contributed by atoms with Crippen molar-refractivity contribution in [1.29, 1.82) is 0 Å². The number of rotatable bonds is 2. The maximum absolute atomic E-state index is 9.53. The predicted molar refractivity (Wildman–Crippen MR) is 47.5 cm³/mol. The van der Waals surface area contributed by atoms with E-state index >= 15 is 0 Å². The molecule has 0 bridgehead atoms. The van der Waals surface area contributed by atoms with Crippen molar-refractivity contribution in [2.75, 3.05) is 20.7 Å². The van der Waals surface area contributed by atoms with Crippen LogP contribution in [0.15, 0.2) is 0 Å². The smallest absolute Gasteiger partial charge is 0.139 e. The molecule has 1 fully saturated rings. The second-order valence-electron chi connectivity index (χ2n) is 3.68. The van der Waals surface area contributed by atoms with E-state index in [1.54, 1.807) is 19.0 Å². The van der Waals surface area contributed by atoms with Crippen LogP contribution in [0, 0.1) is 0 Å². The van der Waals surface area contributed by atoms with E-state index in [1.807, 2.05) is 0 Å². The molecule has 0 aliphatic carbocycles. The lowest BCUT2D eigenvalue weighted by atomic mass is 9.98. The molecule has 14 heavy (non-hydrogen) atoms. The zero-order valence-corrected chi connectivity index (χ0v) is 8.24. The van der Waals surface area contributed by atoms with Gasteiger partial charge in [-0.15, -0.1) is 0 Å². The van der Waals surface area contributed by atoms with E-state index in [0.29, 0.717) is 0 Å². The van der Waals surface area contributed by atoms with Gasteiger partial charge in [0.15, 0.2) is 0 Å². The van der Waals surface area contributed by atoms with E-state index in [2.05, 4.69) is 0 Å². The molecule has 1 rings (SSSR count). The zero-order chi connectivity index (χ0) is 10.9. The molecule has 1 aliphatic rings. The van der Waals surface area contributed by atoms with Crippen LogP contribution in [0.3, 0.4) is 0 Å². The highest BCUT2D eigenvalue weighted by Crippen LogP contribution is 2.21. The summed E-state index contributed by atoms with van der Waals surface area (Å²) in [5.41, 5.74) is 0. The number of aliphatic hydroxyl groups excluding tert-OH is 4. The number of nitrogens with zero attached hydrogens (tertiary/aromatic N) is 1. The average molecular weight is 207 g/mol. The van der Waals surface area contributed by atoms with Crippen LogP contribution in [0.1, 0.15) is 0 Å². The summed E-state index contributed by atoms with van der Waals surface area (Å²) < 4.78 is 5.21. The Kier molecular flexibility index (Phi) is 3.82. The molecule has 0 amide bonds. The second-order valence-corrected chi connectivity index (χ2v) is 3.68. The second kappa shape index (κ2) is 4.52. The molecule has 1 aliphatic heterocycles. The number of ether oxygens (including phenoxy) is 1. The van der Waals surface area contributed by atoms with Gasteiger partial charge >= 0.3 is 0 Å². The fourth-order valence-electron chi connectivity index (χ4n) is 1.51. The van der Waals surface area contributed by atoms with Gasteiger partial charge in [-0.2, -0.15) is 0 Å². The first-order chi connectivity index (χ1) is 6.49. The van der Waals surface area contributed by atoms with Crippen LogP contribution in [-0.4, -0.2) is 76.7 Å². The van der Waals surface area contributed by atoms with Gasteiger partial charge in [0, 0.05) is 0 Å². The van der Waals surface area contributed by atoms with E-state index < -0.39 is 37.3 Å². The summed E-state index contributed by atoms with van der Waals surface area (Å²) in [6.07, 6.45) is -5.31. The largest absolute Gasteiger partial charge is 0.394 e. The van der Waals surface area contributed by atoms with E-state index in [4.69, 9.17) is 9.84 Å². The normalized spacial score (nSPS) is 44.4. The molecule has 0 aromatic rings. The first-order valence-corrected chi connectivity index (χ1v) is 4.46. The number of hydrogen-bond acceptors (Lipinski definition) is 6. The minimum absolute atomic E-state index is 0.394. The summed E-state index contributed by atoms with van der Waals surface area (Å²) in [6, 6.07) is 0. The molecule has 5 atom stereocenters. The van der Waals surface area contributed by atoms with Crippen LogP contribution in [0.25, 0.3) is 0 Å². The number of hydrogen-bond donors (Lipinski definition) is 4. The van der Waals surface area contributed by atoms with Crippen LogP contribution < -0.4 is 0 Å². The summed E-state index contributed by atoms with van der Waals surface area (Å²) in [5.74, 6) is 0. The third kappa shape index (κ3) is 2.05. The Hall–Kier alpha value is -0.240. The summed E-state index contributed by atoms with van der Waals surface area (Å²) >= 11 is 0. The van der Waals surface area contributed by atoms with E-state index in [9.17, 15) is 15.3 Å². The Morgan fingerprint density at radius 2 is 1.64 bits per heavy atom. The lowest BCUT2D eigenvalue weighted by Gasteiger charge is -2.42. The Morgan fingerprint density at radius 1 is 1.07 bits per heavy atom. The van der Waals surface area contributed by atoms with Crippen LogP contribution in [0.4, 0.5) is 0 Å². The quantitative estimate of drug-likeness (QED) is 0.395. The van der Waals surface area contributed by atoms with Crippen molar-refractivity contribution in [3.8, 4) is 0 Å². The van der Waals surface area contributed by atoms with Crippen molar-refractivity contribution in [3.05, 3.63) is 0 Å². The standard InChI is InChI=1S/C8H17NO5/c1-9(2)8-7(13)6(12)5(11)4(3-10)14-8/h4-8,10-13H,3H2,1-2H3/t4-,5-,6+,7-,8-/m1/s1. The molecule has 0 radical (unpaired) electrons. The van der Waals surface area contributed by atoms with Crippen LogP contribution in [-0.2, 0) is 4.74 Å². The lowest BCUT2D eigenvalue weighted by Crippen LogP contribution is -2.62. The minimum Gasteiger partial charge on any atom is -0.394 e. The van der Waals surface area contributed by atoms with Gasteiger partial charge in [0.05, 0.1) is 6.61 Å². The highest BCUT2D eigenvalue weighted by molar-refractivity contribution is 4.90. The fourth-order valence-corrected chi connectivity index (χ4v) is 1.51. The Bertz CT molecular complexity index is 187. The summed E-state index contributed by atoms with van der Waals surface area (Å²) in [6.45, 7) is -0.394. The molecule has 1 saturated heterocycles. The average Bonchev–Trinajstić information content (AvgIpc) is 2.14. The maximum atomic E-state index is 9.53. The van der Waals surface area contributed by atoms with Gasteiger partial charge in [0.25, 0.3) is 0 Å².